The molecule has 2 aliphatic rings. The van der Waals surface area contributed by atoms with Gasteiger partial charge in [0.1, 0.15) is 0 Å². The van der Waals surface area contributed by atoms with Gasteiger partial charge in [-0.05, 0) is 60.8 Å². The van der Waals surface area contributed by atoms with Crippen molar-refractivity contribution in [3.8, 4) is 12.3 Å². The van der Waals surface area contributed by atoms with E-state index in [1.807, 2.05) is 6.08 Å². The molecule has 0 bridgehead atoms. The van der Waals surface area contributed by atoms with Gasteiger partial charge in [0, 0.05) is 23.2 Å². The molecule has 0 saturated heterocycles. The van der Waals surface area contributed by atoms with Gasteiger partial charge in [-0.15, -0.1) is 6.42 Å². The lowest BCUT2D eigenvalue weighted by Gasteiger charge is -2.37. The average Bonchev–Trinajstić information content (AvgIpc) is 3.08. The van der Waals surface area contributed by atoms with Crippen LogP contribution in [0.4, 0.5) is 11.4 Å². The molecule has 0 saturated carbocycles. The quantitative estimate of drug-likeness (QED) is 0.516. The minimum atomic E-state index is 0.301. The normalized spacial score (nSPS) is 21.8. The molecule has 3 atom stereocenters. The average molecular weight is 380 g/mol. The predicted molar refractivity (Wildman–Crippen MR) is 124 cm³/mol. The van der Waals surface area contributed by atoms with Crippen LogP contribution < -0.4 is 4.90 Å². The number of benzene rings is 2. The number of fused-ring (bicyclic) bond motifs is 3. The van der Waals surface area contributed by atoms with E-state index in [4.69, 9.17) is 6.42 Å². The second kappa shape index (κ2) is 7.80. The highest BCUT2D eigenvalue weighted by molar-refractivity contribution is 5.77. The van der Waals surface area contributed by atoms with Crippen LogP contribution in [-0.2, 0) is 0 Å². The SMILES string of the molecule is C#C/C=C\C(C1=C(C)C2C(C(C)=C1)c1ccccc1N2c1ccccc1)C(C)C. The van der Waals surface area contributed by atoms with Crippen LogP contribution in [0.3, 0.4) is 0 Å². The van der Waals surface area contributed by atoms with Gasteiger partial charge in [0.25, 0.3) is 0 Å². The summed E-state index contributed by atoms with van der Waals surface area (Å²) in [7, 11) is 0. The molecule has 2 aromatic carbocycles. The summed E-state index contributed by atoms with van der Waals surface area (Å²) >= 11 is 0. The number of hydrogen-bond acceptors (Lipinski definition) is 1. The Balaban J connectivity index is 1.91. The van der Waals surface area contributed by atoms with Crippen molar-refractivity contribution in [2.45, 2.75) is 39.7 Å². The number of terminal acetylenes is 1. The molecule has 0 aromatic heterocycles. The van der Waals surface area contributed by atoms with Crippen molar-refractivity contribution in [2.75, 3.05) is 4.90 Å². The van der Waals surface area contributed by atoms with Crippen molar-refractivity contribution < 1.29 is 0 Å². The fourth-order valence-electron chi connectivity index (χ4n) is 5.09. The lowest BCUT2D eigenvalue weighted by molar-refractivity contribution is 0.518. The number of allylic oxidation sites excluding steroid dienone is 4. The summed E-state index contributed by atoms with van der Waals surface area (Å²) in [6.07, 6.45) is 12.0. The van der Waals surface area contributed by atoms with Gasteiger partial charge in [0.15, 0.2) is 0 Å². The molecule has 1 aliphatic heterocycles. The van der Waals surface area contributed by atoms with Gasteiger partial charge in [-0.2, -0.15) is 0 Å². The first-order valence-corrected chi connectivity index (χ1v) is 10.5. The molecule has 29 heavy (non-hydrogen) atoms. The molecule has 0 spiro atoms. The second-order valence-electron chi connectivity index (χ2n) is 8.51. The van der Waals surface area contributed by atoms with Gasteiger partial charge >= 0.3 is 0 Å². The molecular weight excluding hydrogens is 350 g/mol. The molecule has 1 heterocycles. The number of anilines is 2. The van der Waals surface area contributed by atoms with Gasteiger partial charge in [0.05, 0.1) is 6.04 Å². The lowest BCUT2D eigenvalue weighted by atomic mass is 9.73. The number of hydrogen-bond donors (Lipinski definition) is 0. The molecule has 146 valence electrons. The highest BCUT2D eigenvalue weighted by Crippen LogP contribution is 2.53. The van der Waals surface area contributed by atoms with Crippen LogP contribution in [0.25, 0.3) is 0 Å². The third-order valence-corrected chi connectivity index (χ3v) is 6.41. The Bertz CT molecular complexity index is 1030. The van der Waals surface area contributed by atoms with Crippen LogP contribution in [0.5, 0.6) is 0 Å². The van der Waals surface area contributed by atoms with Crippen molar-refractivity contribution in [2.24, 2.45) is 11.8 Å². The Labute approximate surface area is 175 Å². The summed E-state index contributed by atoms with van der Waals surface area (Å²) in [5.74, 6) is 3.88. The van der Waals surface area contributed by atoms with Gasteiger partial charge in [-0.1, -0.05) is 73.9 Å². The molecule has 0 N–H and O–H groups in total. The van der Waals surface area contributed by atoms with E-state index in [0.29, 0.717) is 23.8 Å². The summed E-state index contributed by atoms with van der Waals surface area (Å²) in [5.41, 5.74) is 8.29. The van der Waals surface area contributed by atoms with Crippen molar-refractivity contribution in [3.63, 3.8) is 0 Å². The van der Waals surface area contributed by atoms with Crippen molar-refractivity contribution in [3.05, 3.63) is 95.1 Å². The zero-order valence-corrected chi connectivity index (χ0v) is 17.8. The number of rotatable bonds is 4. The highest BCUT2D eigenvalue weighted by Gasteiger charge is 2.43. The zero-order valence-electron chi connectivity index (χ0n) is 17.8. The Kier molecular flexibility index (Phi) is 5.20. The van der Waals surface area contributed by atoms with Crippen LogP contribution in [0.15, 0.2) is 89.5 Å². The van der Waals surface area contributed by atoms with Gasteiger partial charge < -0.3 is 4.90 Å². The van der Waals surface area contributed by atoms with Crippen LogP contribution in [0.2, 0.25) is 0 Å². The third kappa shape index (κ3) is 3.23. The zero-order chi connectivity index (χ0) is 20.5. The molecule has 4 rings (SSSR count). The lowest BCUT2D eigenvalue weighted by Crippen LogP contribution is -2.35. The summed E-state index contributed by atoms with van der Waals surface area (Å²) < 4.78 is 0. The molecular formula is C28H29N. The minimum absolute atomic E-state index is 0.301. The molecule has 0 radical (unpaired) electrons. The van der Waals surface area contributed by atoms with Gasteiger partial charge in [-0.25, -0.2) is 0 Å². The smallest absolute Gasteiger partial charge is 0.0661 e. The number of nitrogens with zero attached hydrogens (tertiary/aromatic N) is 1. The minimum Gasteiger partial charge on any atom is -0.333 e. The maximum atomic E-state index is 5.53. The van der Waals surface area contributed by atoms with E-state index in [9.17, 15) is 0 Å². The number of para-hydroxylation sites is 2. The molecule has 0 fully saturated rings. The van der Waals surface area contributed by atoms with E-state index in [-0.39, 0.29) is 0 Å². The topological polar surface area (TPSA) is 3.24 Å². The summed E-state index contributed by atoms with van der Waals surface area (Å²) in [5, 5.41) is 0. The second-order valence-corrected chi connectivity index (χ2v) is 8.51. The fourth-order valence-corrected chi connectivity index (χ4v) is 5.09. The van der Waals surface area contributed by atoms with E-state index >= 15 is 0 Å². The van der Waals surface area contributed by atoms with E-state index in [2.05, 4.69) is 105 Å². The van der Waals surface area contributed by atoms with E-state index in [0.717, 1.165) is 0 Å². The maximum Gasteiger partial charge on any atom is 0.0661 e. The standard InChI is InChI=1S/C28H29N/c1-6-7-15-23(19(2)3)25-18-20(4)27-24-16-11-12-17-26(24)29(28(27)21(25)5)22-13-9-8-10-14-22/h1,7-19,23,27-28H,2-5H3/b15-7-. The predicted octanol–water partition coefficient (Wildman–Crippen LogP) is 7.03. The van der Waals surface area contributed by atoms with Crippen molar-refractivity contribution >= 4 is 11.4 Å². The third-order valence-electron chi connectivity index (χ3n) is 6.41. The van der Waals surface area contributed by atoms with Gasteiger partial charge in [-0.3, -0.25) is 0 Å². The summed E-state index contributed by atoms with van der Waals surface area (Å²) in [4.78, 5) is 2.54. The molecule has 2 aromatic rings. The Morgan fingerprint density at radius 1 is 1.00 bits per heavy atom. The Morgan fingerprint density at radius 3 is 2.38 bits per heavy atom. The first kappa shape index (κ1) is 19.3. The monoisotopic (exact) mass is 379 g/mol. The molecule has 1 aliphatic carbocycles. The van der Waals surface area contributed by atoms with Crippen LogP contribution in [0.1, 0.15) is 39.2 Å². The van der Waals surface area contributed by atoms with Crippen LogP contribution in [-0.4, -0.2) is 6.04 Å². The fraction of sp³-hybridized carbons (Fsp3) is 0.286. The van der Waals surface area contributed by atoms with Crippen molar-refractivity contribution in [1.29, 1.82) is 0 Å². The molecule has 3 unspecified atom stereocenters. The van der Waals surface area contributed by atoms with Gasteiger partial charge in [0.2, 0.25) is 0 Å². The highest BCUT2D eigenvalue weighted by atomic mass is 15.2. The van der Waals surface area contributed by atoms with Crippen LogP contribution >= 0.6 is 0 Å². The maximum absolute atomic E-state index is 5.53. The summed E-state index contributed by atoms with van der Waals surface area (Å²) in [6.45, 7) is 9.16. The first-order chi connectivity index (χ1) is 14.0. The first-order valence-electron chi connectivity index (χ1n) is 10.5. The van der Waals surface area contributed by atoms with Crippen LogP contribution in [0, 0.1) is 24.2 Å². The molecule has 0 amide bonds. The van der Waals surface area contributed by atoms with E-state index in [1.54, 1.807) is 0 Å². The van der Waals surface area contributed by atoms with E-state index < -0.39 is 0 Å². The molecule has 1 nitrogen and oxygen atoms in total. The molecule has 1 heteroatoms. The summed E-state index contributed by atoms with van der Waals surface area (Å²) in [6, 6.07) is 20.0. The Hall–Kier alpha value is -2.98. The van der Waals surface area contributed by atoms with E-state index in [1.165, 1.54) is 33.7 Å². The largest absolute Gasteiger partial charge is 0.333 e. The Morgan fingerprint density at radius 2 is 1.69 bits per heavy atom. The van der Waals surface area contributed by atoms with Crippen molar-refractivity contribution in [1.82, 2.24) is 0 Å².